The van der Waals surface area contributed by atoms with E-state index in [0.717, 1.165) is 23.0 Å². The number of rotatable bonds is 1. The molecule has 1 aliphatic carbocycles. The molecule has 1 aromatic rings. The molecule has 0 aromatic carbocycles. The fourth-order valence-corrected chi connectivity index (χ4v) is 2.67. The highest BCUT2D eigenvalue weighted by Crippen LogP contribution is 2.37. The van der Waals surface area contributed by atoms with E-state index < -0.39 is 0 Å². The highest BCUT2D eigenvalue weighted by molar-refractivity contribution is 9.10. The first kappa shape index (κ1) is 9.21. The Hall–Kier alpha value is -0.350. The van der Waals surface area contributed by atoms with E-state index >= 15 is 0 Å². The lowest BCUT2D eigenvalue weighted by Gasteiger charge is -2.32. The summed E-state index contributed by atoms with van der Waals surface area (Å²) in [4.78, 5) is 0. The topological polar surface area (TPSA) is 54.7 Å². The molecule has 0 radical (unpaired) electrons. The van der Waals surface area contributed by atoms with Gasteiger partial charge in [-0.1, -0.05) is 19.3 Å². The van der Waals surface area contributed by atoms with Gasteiger partial charge in [0.15, 0.2) is 0 Å². The van der Waals surface area contributed by atoms with Crippen LogP contribution < -0.4 is 5.73 Å². The zero-order chi connectivity index (χ0) is 9.31. The van der Waals surface area contributed by atoms with E-state index in [9.17, 15) is 0 Å². The number of nitrogens with zero attached hydrogens (tertiary/aromatic N) is 1. The van der Waals surface area contributed by atoms with Crippen LogP contribution in [0.15, 0.2) is 10.8 Å². The Balaban J connectivity index is 2.27. The van der Waals surface area contributed by atoms with Crippen molar-refractivity contribution >= 4 is 15.9 Å². The third-order valence-electron chi connectivity index (χ3n) is 2.88. The number of nitrogens with two attached hydrogens (primary N) is 1. The van der Waals surface area contributed by atoms with Gasteiger partial charge in [-0.15, -0.1) is 0 Å². The predicted octanol–water partition coefficient (Wildman–Crippen LogP) is 2.29. The molecule has 0 aliphatic heterocycles. The van der Waals surface area contributed by atoms with Crippen molar-refractivity contribution in [3.8, 4) is 0 Å². The van der Waals surface area contributed by atoms with Crippen LogP contribution in [-0.2, 0) is 5.54 Å². The lowest BCUT2D eigenvalue weighted by Crippen LogP contribution is -2.38. The van der Waals surface area contributed by atoms with Crippen LogP contribution in [0.4, 0.5) is 0 Å². The Morgan fingerprint density at radius 3 is 2.62 bits per heavy atom. The van der Waals surface area contributed by atoms with Gasteiger partial charge in [0.1, 0.15) is 4.60 Å². The van der Waals surface area contributed by atoms with Crippen LogP contribution in [0.2, 0.25) is 0 Å². The minimum atomic E-state index is -0.149. The van der Waals surface area contributed by atoms with E-state index in [-0.39, 0.29) is 5.54 Å². The molecule has 0 spiro atoms. The Kier molecular flexibility index (Phi) is 2.43. The Morgan fingerprint density at radius 1 is 1.38 bits per heavy atom. The van der Waals surface area contributed by atoms with Gasteiger partial charge >= 0.3 is 0 Å². The van der Waals surface area contributed by atoms with Gasteiger partial charge in [0.2, 0.25) is 0 Å². The van der Waals surface area contributed by atoms with E-state index in [4.69, 9.17) is 5.73 Å². The minimum Gasteiger partial charge on any atom is -0.321 e. The van der Waals surface area contributed by atoms with Crippen LogP contribution in [0.3, 0.4) is 0 Å². The Morgan fingerprint density at radius 2 is 2.08 bits per heavy atom. The SMILES string of the molecule is NC1(c2cn[nH]c2Br)CCCCC1. The standard InChI is InChI=1S/C9H14BrN3/c10-8-7(6-12-13-8)9(11)4-2-1-3-5-9/h6H,1-5,11H2,(H,12,13). The molecule has 0 bridgehead atoms. The van der Waals surface area contributed by atoms with Gasteiger partial charge in [0.05, 0.1) is 6.20 Å². The van der Waals surface area contributed by atoms with Crippen molar-refractivity contribution in [1.82, 2.24) is 10.2 Å². The average molecular weight is 244 g/mol. The average Bonchev–Trinajstić information content (AvgIpc) is 2.53. The zero-order valence-electron chi connectivity index (χ0n) is 7.52. The molecule has 3 N–H and O–H groups in total. The smallest absolute Gasteiger partial charge is 0.105 e. The van der Waals surface area contributed by atoms with Crippen molar-refractivity contribution in [1.29, 1.82) is 0 Å². The third kappa shape index (κ3) is 1.65. The molecule has 1 heterocycles. The molecular formula is C9H14BrN3. The number of nitrogens with one attached hydrogen (secondary N) is 1. The van der Waals surface area contributed by atoms with Gasteiger partial charge in [0, 0.05) is 11.1 Å². The highest BCUT2D eigenvalue weighted by Gasteiger charge is 2.31. The number of aromatic nitrogens is 2. The van der Waals surface area contributed by atoms with E-state index in [1.165, 1.54) is 19.3 Å². The summed E-state index contributed by atoms with van der Waals surface area (Å²) in [6, 6.07) is 0. The molecule has 0 saturated heterocycles. The monoisotopic (exact) mass is 243 g/mol. The van der Waals surface area contributed by atoms with Crippen molar-refractivity contribution in [3.05, 3.63) is 16.4 Å². The van der Waals surface area contributed by atoms with Crippen LogP contribution in [0.1, 0.15) is 37.7 Å². The quantitative estimate of drug-likeness (QED) is 0.796. The highest BCUT2D eigenvalue weighted by atomic mass is 79.9. The summed E-state index contributed by atoms with van der Waals surface area (Å²) in [6.45, 7) is 0. The Bertz CT molecular complexity index is 289. The maximum atomic E-state index is 6.34. The van der Waals surface area contributed by atoms with Gasteiger partial charge in [-0.25, -0.2) is 0 Å². The van der Waals surface area contributed by atoms with Crippen LogP contribution in [0.5, 0.6) is 0 Å². The Labute approximate surface area is 86.2 Å². The molecule has 3 nitrogen and oxygen atoms in total. The second kappa shape index (κ2) is 3.42. The minimum absolute atomic E-state index is 0.149. The molecule has 0 unspecified atom stereocenters. The molecule has 0 atom stereocenters. The summed E-state index contributed by atoms with van der Waals surface area (Å²) >= 11 is 3.44. The maximum Gasteiger partial charge on any atom is 0.105 e. The molecule has 2 rings (SSSR count). The van der Waals surface area contributed by atoms with Crippen molar-refractivity contribution in [3.63, 3.8) is 0 Å². The second-order valence-corrected chi connectivity index (χ2v) is 4.61. The van der Waals surface area contributed by atoms with Gasteiger partial charge in [-0.2, -0.15) is 5.10 Å². The van der Waals surface area contributed by atoms with Crippen molar-refractivity contribution in [2.75, 3.05) is 0 Å². The van der Waals surface area contributed by atoms with Crippen LogP contribution in [-0.4, -0.2) is 10.2 Å². The fourth-order valence-electron chi connectivity index (χ4n) is 2.07. The number of halogens is 1. The molecular weight excluding hydrogens is 230 g/mol. The largest absolute Gasteiger partial charge is 0.321 e. The van der Waals surface area contributed by atoms with Crippen LogP contribution >= 0.6 is 15.9 Å². The van der Waals surface area contributed by atoms with E-state index in [1.807, 2.05) is 6.20 Å². The van der Waals surface area contributed by atoms with Crippen molar-refractivity contribution in [2.24, 2.45) is 5.73 Å². The number of hydrogen-bond donors (Lipinski definition) is 2. The molecule has 72 valence electrons. The summed E-state index contributed by atoms with van der Waals surface area (Å²) in [6.07, 6.45) is 7.77. The first-order valence-electron chi connectivity index (χ1n) is 4.71. The summed E-state index contributed by atoms with van der Waals surface area (Å²) < 4.78 is 0.942. The van der Waals surface area contributed by atoms with Crippen LogP contribution in [0.25, 0.3) is 0 Å². The number of H-pyrrole nitrogens is 1. The summed E-state index contributed by atoms with van der Waals surface area (Å²) in [5.74, 6) is 0. The molecule has 0 amide bonds. The van der Waals surface area contributed by atoms with Gasteiger partial charge < -0.3 is 5.73 Å². The lowest BCUT2D eigenvalue weighted by molar-refractivity contribution is 0.301. The molecule has 1 fully saturated rings. The third-order valence-corrected chi connectivity index (χ3v) is 3.48. The van der Waals surface area contributed by atoms with Gasteiger partial charge in [-0.3, -0.25) is 5.10 Å². The molecule has 1 saturated carbocycles. The van der Waals surface area contributed by atoms with E-state index in [1.54, 1.807) is 0 Å². The summed E-state index contributed by atoms with van der Waals surface area (Å²) in [7, 11) is 0. The molecule has 1 aromatic heterocycles. The van der Waals surface area contributed by atoms with Gasteiger partial charge in [0.25, 0.3) is 0 Å². The zero-order valence-corrected chi connectivity index (χ0v) is 9.10. The fraction of sp³-hybridized carbons (Fsp3) is 0.667. The first-order valence-corrected chi connectivity index (χ1v) is 5.50. The normalized spacial score (nSPS) is 21.7. The summed E-state index contributed by atoms with van der Waals surface area (Å²) in [5, 5.41) is 6.87. The van der Waals surface area contributed by atoms with Crippen molar-refractivity contribution < 1.29 is 0 Å². The maximum absolute atomic E-state index is 6.34. The van der Waals surface area contributed by atoms with Crippen molar-refractivity contribution in [2.45, 2.75) is 37.6 Å². The summed E-state index contributed by atoms with van der Waals surface area (Å²) in [5.41, 5.74) is 7.32. The molecule has 13 heavy (non-hydrogen) atoms. The number of aromatic amines is 1. The van der Waals surface area contributed by atoms with E-state index in [2.05, 4.69) is 26.1 Å². The predicted molar refractivity (Wildman–Crippen MR) is 55.2 cm³/mol. The van der Waals surface area contributed by atoms with Crippen LogP contribution in [0, 0.1) is 0 Å². The van der Waals surface area contributed by atoms with Gasteiger partial charge in [-0.05, 0) is 28.8 Å². The van der Waals surface area contributed by atoms with E-state index in [0.29, 0.717) is 0 Å². The number of hydrogen-bond acceptors (Lipinski definition) is 2. The molecule has 1 aliphatic rings. The molecule has 4 heteroatoms. The second-order valence-electron chi connectivity index (χ2n) is 3.81. The lowest BCUT2D eigenvalue weighted by atomic mass is 9.79. The first-order chi connectivity index (χ1) is 6.22.